The van der Waals surface area contributed by atoms with Crippen molar-refractivity contribution in [3.63, 3.8) is 0 Å². The molecule has 0 saturated heterocycles. The number of esters is 1. The molecule has 16 heavy (non-hydrogen) atoms. The number of carbonyl (C=O) groups excluding carboxylic acids is 2. The van der Waals surface area contributed by atoms with Crippen LogP contribution in [0.2, 0.25) is 0 Å². The van der Waals surface area contributed by atoms with E-state index in [1.165, 1.54) is 7.11 Å². The average Bonchev–Trinajstić information content (AvgIpc) is 2.24. The first-order valence-corrected chi connectivity index (χ1v) is 5.89. The number of methoxy groups -OCH3 is 1. The van der Waals surface area contributed by atoms with Crippen LogP contribution in [0.25, 0.3) is 0 Å². The predicted molar refractivity (Wildman–Crippen MR) is 61.9 cm³/mol. The minimum Gasteiger partial charge on any atom is -0.469 e. The zero-order valence-electron chi connectivity index (χ0n) is 10.3. The summed E-state index contributed by atoms with van der Waals surface area (Å²) < 4.78 is 4.81. The highest BCUT2D eigenvalue weighted by molar-refractivity contribution is 5.94. The van der Waals surface area contributed by atoms with Crippen LogP contribution in [0.4, 0.5) is 0 Å². The zero-order valence-corrected chi connectivity index (χ0v) is 10.3. The molecule has 0 aromatic heterocycles. The highest BCUT2D eigenvalue weighted by atomic mass is 16.5. The van der Waals surface area contributed by atoms with Gasteiger partial charge in [-0.1, -0.05) is 25.3 Å². The number of hydrogen-bond donors (Lipinski definition) is 0. The summed E-state index contributed by atoms with van der Waals surface area (Å²) in [7, 11) is 1.41. The first-order valence-electron chi connectivity index (χ1n) is 5.89. The molecule has 0 aromatic carbocycles. The number of ether oxygens (including phenoxy) is 1. The summed E-state index contributed by atoms with van der Waals surface area (Å²) in [4.78, 5) is 23.2. The van der Waals surface area contributed by atoms with Crippen LogP contribution in [0.5, 0.6) is 0 Å². The largest absolute Gasteiger partial charge is 0.469 e. The molecule has 0 N–H and O–H groups in total. The Labute approximate surface area is 96.9 Å². The maximum atomic E-state index is 11.7. The van der Waals surface area contributed by atoms with E-state index in [0.717, 1.165) is 24.8 Å². The van der Waals surface area contributed by atoms with Crippen molar-refractivity contribution in [3.8, 4) is 0 Å². The van der Waals surface area contributed by atoms with Gasteiger partial charge >= 0.3 is 5.97 Å². The molecule has 1 rings (SSSR count). The Kier molecular flexibility index (Phi) is 4.71. The van der Waals surface area contributed by atoms with Gasteiger partial charge < -0.3 is 4.74 Å². The van der Waals surface area contributed by atoms with Gasteiger partial charge in [0.1, 0.15) is 0 Å². The van der Waals surface area contributed by atoms with Gasteiger partial charge in [0.2, 0.25) is 0 Å². The molecular weight excluding hydrogens is 204 g/mol. The normalized spacial score (nSPS) is 25.2. The fraction of sp³-hybridized carbons (Fsp3) is 0.692. The minimum atomic E-state index is -0.214. The van der Waals surface area contributed by atoms with Crippen LogP contribution in [0.1, 0.15) is 39.5 Å². The van der Waals surface area contributed by atoms with Crippen LogP contribution in [-0.2, 0) is 14.3 Å². The summed E-state index contributed by atoms with van der Waals surface area (Å²) in [6, 6.07) is 0. The Bertz CT molecular complexity index is 304. The van der Waals surface area contributed by atoms with Crippen molar-refractivity contribution in [1.29, 1.82) is 0 Å². The Balaban J connectivity index is 2.82. The van der Waals surface area contributed by atoms with Gasteiger partial charge in [0, 0.05) is 6.42 Å². The van der Waals surface area contributed by atoms with Crippen molar-refractivity contribution in [2.45, 2.75) is 39.5 Å². The molecule has 0 fully saturated rings. The van der Waals surface area contributed by atoms with Gasteiger partial charge in [-0.15, -0.1) is 0 Å². The van der Waals surface area contributed by atoms with Crippen molar-refractivity contribution in [1.82, 2.24) is 0 Å². The smallest absolute Gasteiger partial charge is 0.313 e. The van der Waals surface area contributed by atoms with Crippen LogP contribution >= 0.6 is 0 Å². The summed E-state index contributed by atoms with van der Waals surface area (Å²) >= 11 is 0. The molecule has 1 aliphatic carbocycles. The van der Waals surface area contributed by atoms with Crippen molar-refractivity contribution < 1.29 is 14.3 Å². The van der Waals surface area contributed by atoms with Crippen molar-refractivity contribution in [2.75, 3.05) is 7.11 Å². The predicted octanol–water partition coefficient (Wildman–Crippen LogP) is 2.50. The second-order valence-corrected chi connectivity index (χ2v) is 4.46. The van der Waals surface area contributed by atoms with Gasteiger partial charge in [0.05, 0.1) is 13.0 Å². The molecule has 2 atom stereocenters. The van der Waals surface area contributed by atoms with Crippen molar-refractivity contribution in [3.05, 3.63) is 11.6 Å². The Morgan fingerprint density at radius 1 is 1.56 bits per heavy atom. The third kappa shape index (κ3) is 2.94. The molecule has 0 radical (unpaired) electrons. The van der Waals surface area contributed by atoms with Crippen LogP contribution in [0.3, 0.4) is 0 Å². The van der Waals surface area contributed by atoms with Gasteiger partial charge in [-0.25, -0.2) is 0 Å². The van der Waals surface area contributed by atoms with E-state index in [1.807, 2.05) is 6.92 Å². The lowest BCUT2D eigenvalue weighted by atomic mass is 9.76. The summed E-state index contributed by atoms with van der Waals surface area (Å²) in [5.74, 6) is -0.153. The fourth-order valence-corrected chi connectivity index (χ4v) is 2.39. The van der Waals surface area contributed by atoms with Gasteiger partial charge in [-0.05, 0) is 25.3 Å². The number of allylic oxidation sites excluding steroid dienone is 1. The average molecular weight is 224 g/mol. The molecule has 3 nitrogen and oxygen atoms in total. The van der Waals surface area contributed by atoms with Crippen LogP contribution in [-0.4, -0.2) is 18.9 Å². The minimum absolute atomic E-state index is 0.130. The third-order valence-electron chi connectivity index (χ3n) is 3.20. The maximum Gasteiger partial charge on any atom is 0.313 e. The molecule has 0 aliphatic heterocycles. The Morgan fingerprint density at radius 3 is 2.81 bits per heavy atom. The van der Waals surface area contributed by atoms with E-state index >= 15 is 0 Å². The van der Waals surface area contributed by atoms with Crippen LogP contribution in [0, 0.1) is 11.8 Å². The number of ketones is 1. The number of carbonyl (C=O) groups is 2. The quantitative estimate of drug-likeness (QED) is 0.689. The van der Waals surface area contributed by atoms with E-state index in [1.54, 1.807) is 6.08 Å². The maximum absolute atomic E-state index is 11.7. The highest BCUT2D eigenvalue weighted by Crippen LogP contribution is 2.33. The monoisotopic (exact) mass is 224 g/mol. The summed E-state index contributed by atoms with van der Waals surface area (Å²) in [6.45, 7) is 3.96. The molecule has 1 aliphatic rings. The lowest BCUT2D eigenvalue weighted by molar-refractivity contribution is -0.146. The third-order valence-corrected chi connectivity index (χ3v) is 3.20. The van der Waals surface area contributed by atoms with Crippen molar-refractivity contribution >= 4 is 11.8 Å². The number of rotatable bonds is 4. The van der Waals surface area contributed by atoms with Gasteiger partial charge in [0.15, 0.2) is 5.78 Å². The van der Waals surface area contributed by atoms with Crippen LogP contribution in [0.15, 0.2) is 11.6 Å². The molecule has 0 saturated carbocycles. The van der Waals surface area contributed by atoms with E-state index in [0.29, 0.717) is 6.42 Å². The Hall–Kier alpha value is -1.12. The topological polar surface area (TPSA) is 43.4 Å². The molecule has 0 amide bonds. The molecule has 2 unspecified atom stereocenters. The van der Waals surface area contributed by atoms with Gasteiger partial charge in [-0.2, -0.15) is 0 Å². The molecule has 0 heterocycles. The number of hydrogen-bond acceptors (Lipinski definition) is 3. The summed E-state index contributed by atoms with van der Waals surface area (Å²) in [5.41, 5.74) is 0.851. The van der Waals surface area contributed by atoms with E-state index in [9.17, 15) is 9.59 Å². The van der Waals surface area contributed by atoms with Crippen LogP contribution < -0.4 is 0 Å². The SMILES string of the molecule is CCCCC1CC(=O)C=C(C)C1C(=O)OC. The standard InChI is InChI=1S/C13H20O3/c1-4-5-6-10-8-11(14)7-9(2)12(10)13(15)16-3/h7,10,12H,4-6,8H2,1-3H3. The van der Waals surface area contributed by atoms with E-state index in [4.69, 9.17) is 4.74 Å². The molecule has 0 aromatic rings. The van der Waals surface area contributed by atoms with Crippen molar-refractivity contribution in [2.24, 2.45) is 11.8 Å². The van der Waals surface area contributed by atoms with E-state index in [-0.39, 0.29) is 23.6 Å². The second kappa shape index (κ2) is 5.83. The number of unbranched alkanes of at least 4 members (excludes halogenated alkanes) is 1. The molecular formula is C13H20O3. The van der Waals surface area contributed by atoms with Gasteiger partial charge in [0.25, 0.3) is 0 Å². The first kappa shape index (κ1) is 12.9. The Morgan fingerprint density at radius 2 is 2.25 bits per heavy atom. The summed E-state index contributed by atoms with van der Waals surface area (Å²) in [6.07, 6.45) is 5.13. The zero-order chi connectivity index (χ0) is 12.1. The lowest BCUT2D eigenvalue weighted by Crippen LogP contribution is -2.31. The van der Waals surface area contributed by atoms with E-state index in [2.05, 4.69) is 6.92 Å². The highest BCUT2D eigenvalue weighted by Gasteiger charge is 2.34. The van der Waals surface area contributed by atoms with Gasteiger partial charge in [-0.3, -0.25) is 9.59 Å². The molecule has 0 bridgehead atoms. The molecule has 3 heteroatoms. The molecule has 90 valence electrons. The second-order valence-electron chi connectivity index (χ2n) is 4.46. The summed E-state index contributed by atoms with van der Waals surface area (Å²) in [5, 5.41) is 0. The molecule has 0 spiro atoms. The first-order chi connectivity index (χ1) is 7.60. The fourth-order valence-electron chi connectivity index (χ4n) is 2.39. The van der Waals surface area contributed by atoms with E-state index < -0.39 is 0 Å². The lowest BCUT2D eigenvalue weighted by Gasteiger charge is -2.28.